The number of hydrogen-bond acceptors (Lipinski definition) is 4. The maximum atomic E-state index is 13.1. The van der Waals surface area contributed by atoms with Gasteiger partial charge in [0.1, 0.15) is 23.8 Å². The van der Waals surface area contributed by atoms with E-state index in [4.69, 9.17) is 0 Å². The molecule has 2 N–H and O–H groups in total. The summed E-state index contributed by atoms with van der Waals surface area (Å²) in [5, 5.41) is 5.97. The highest BCUT2D eigenvalue weighted by Gasteiger charge is 2.02. The van der Waals surface area contributed by atoms with E-state index in [-0.39, 0.29) is 5.82 Å². The summed E-state index contributed by atoms with van der Waals surface area (Å²) in [5.41, 5.74) is 1.65. The molecule has 0 aliphatic rings. The summed E-state index contributed by atoms with van der Waals surface area (Å²) >= 11 is 0. The molecule has 0 spiro atoms. The van der Waals surface area contributed by atoms with Crippen LogP contribution < -0.4 is 10.6 Å². The SMILES string of the molecule is CNc1cc(Nc2cc(F)ccc2C)ncn1. The van der Waals surface area contributed by atoms with Crippen LogP contribution in [-0.2, 0) is 0 Å². The molecule has 0 atom stereocenters. The van der Waals surface area contributed by atoms with Crippen LogP contribution in [0.5, 0.6) is 0 Å². The Kier molecular flexibility index (Phi) is 3.18. The van der Waals surface area contributed by atoms with E-state index in [9.17, 15) is 4.39 Å². The third kappa shape index (κ3) is 2.69. The number of rotatable bonds is 3. The number of anilines is 3. The molecule has 5 heteroatoms. The van der Waals surface area contributed by atoms with Gasteiger partial charge in [-0.15, -0.1) is 0 Å². The van der Waals surface area contributed by atoms with Crippen molar-refractivity contribution in [2.24, 2.45) is 0 Å². The summed E-state index contributed by atoms with van der Waals surface area (Å²) < 4.78 is 13.1. The molecule has 1 heterocycles. The Morgan fingerprint density at radius 3 is 2.65 bits per heavy atom. The first-order valence-electron chi connectivity index (χ1n) is 5.22. The van der Waals surface area contributed by atoms with Crippen molar-refractivity contribution in [3.05, 3.63) is 42.0 Å². The van der Waals surface area contributed by atoms with Crippen LogP contribution in [0.25, 0.3) is 0 Å². The first-order chi connectivity index (χ1) is 8.19. The Bertz CT molecular complexity index is 528. The minimum atomic E-state index is -0.277. The smallest absolute Gasteiger partial charge is 0.135 e. The summed E-state index contributed by atoms with van der Waals surface area (Å²) in [4.78, 5) is 8.07. The maximum absolute atomic E-state index is 13.1. The molecule has 2 rings (SSSR count). The first-order valence-corrected chi connectivity index (χ1v) is 5.22. The van der Waals surface area contributed by atoms with Crippen molar-refractivity contribution in [3.8, 4) is 0 Å². The standard InChI is InChI=1S/C12H13FN4/c1-8-3-4-9(13)5-10(8)17-12-6-11(14-2)15-7-16-12/h3-7H,1-2H3,(H2,14,15,16,17). The first kappa shape index (κ1) is 11.3. The summed E-state index contributed by atoms with van der Waals surface area (Å²) in [6.45, 7) is 1.90. The van der Waals surface area contributed by atoms with Gasteiger partial charge in [0.25, 0.3) is 0 Å². The monoisotopic (exact) mass is 232 g/mol. The molecule has 1 aromatic carbocycles. The molecule has 2 aromatic rings. The van der Waals surface area contributed by atoms with E-state index in [0.29, 0.717) is 17.3 Å². The van der Waals surface area contributed by atoms with Crippen LogP contribution in [0.1, 0.15) is 5.56 Å². The van der Waals surface area contributed by atoms with Crippen LogP contribution in [0.4, 0.5) is 21.7 Å². The molecule has 0 aliphatic carbocycles. The zero-order valence-electron chi connectivity index (χ0n) is 9.66. The van der Waals surface area contributed by atoms with E-state index < -0.39 is 0 Å². The molecule has 0 amide bonds. The fourth-order valence-corrected chi connectivity index (χ4v) is 1.43. The number of nitrogens with zero attached hydrogens (tertiary/aromatic N) is 2. The van der Waals surface area contributed by atoms with Crippen molar-refractivity contribution < 1.29 is 4.39 Å². The summed E-state index contributed by atoms with van der Waals surface area (Å²) in [6, 6.07) is 6.35. The van der Waals surface area contributed by atoms with Crippen molar-refractivity contribution in [3.63, 3.8) is 0 Å². The van der Waals surface area contributed by atoms with Crippen LogP contribution in [0.3, 0.4) is 0 Å². The van der Waals surface area contributed by atoms with Gasteiger partial charge < -0.3 is 10.6 Å². The van der Waals surface area contributed by atoms with Gasteiger partial charge in [0.2, 0.25) is 0 Å². The molecule has 88 valence electrons. The van der Waals surface area contributed by atoms with Crippen molar-refractivity contribution in [2.75, 3.05) is 17.7 Å². The van der Waals surface area contributed by atoms with E-state index in [1.54, 1.807) is 19.2 Å². The van der Waals surface area contributed by atoms with Gasteiger partial charge in [0.15, 0.2) is 0 Å². The number of nitrogens with one attached hydrogen (secondary N) is 2. The van der Waals surface area contributed by atoms with E-state index in [1.165, 1.54) is 18.5 Å². The van der Waals surface area contributed by atoms with Crippen molar-refractivity contribution in [1.29, 1.82) is 0 Å². The van der Waals surface area contributed by atoms with E-state index in [2.05, 4.69) is 20.6 Å². The maximum Gasteiger partial charge on any atom is 0.135 e. The second-order valence-corrected chi connectivity index (χ2v) is 3.62. The topological polar surface area (TPSA) is 49.8 Å². The number of halogens is 1. The molecular formula is C12H13FN4. The quantitative estimate of drug-likeness (QED) is 0.854. The highest BCUT2D eigenvalue weighted by molar-refractivity contribution is 5.62. The fraction of sp³-hybridized carbons (Fsp3) is 0.167. The zero-order chi connectivity index (χ0) is 12.3. The lowest BCUT2D eigenvalue weighted by atomic mass is 10.2. The minimum Gasteiger partial charge on any atom is -0.373 e. The molecule has 0 bridgehead atoms. The fourth-order valence-electron chi connectivity index (χ4n) is 1.43. The molecule has 0 radical (unpaired) electrons. The summed E-state index contributed by atoms with van der Waals surface area (Å²) in [7, 11) is 1.78. The Balaban J connectivity index is 2.27. The molecule has 0 aliphatic heterocycles. The van der Waals surface area contributed by atoms with Crippen LogP contribution in [0, 0.1) is 12.7 Å². The normalized spacial score (nSPS) is 10.1. The number of benzene rings is 1. The van der Waals surface area contributed by atoms with Gasteiger partial charge in [0, 0.05) is 18.8 Å². The summed E-state index contributed by atoms with van der Waals surface area (Å²) in [5.74, 6) is 1.05. The lowest BCUT2D eigenvalue weighted by Crippen LogP contribution is -1.99. The van der Waals surface area contributed by atoms with Gasteiger partial charge in [-0.05, 0) is 24.6 Å². The predicted molar refractivity (Wildman–Crippen MR) is 66.0 cm³/mol. The Hall–Kier alpha value is -2.17. The lowest BCUT2D eigenvalue weighted by molar-refractivity contribution is 0.628. The molecule has 0 fully saturated rings. The average Bonchev–Trinajstić information content (AvgIpc) is 2.34. The van der Waals surface area contributed by atoms with Gasteiger partial charge in [-0.2, -0.15) is 0 Å². The van der Waals surface area contributed by atoms with Crippen LogP contribution in [-0.4, -0.2) is 17.0 Å². The Morgan fingerprint density at radius 2 is 1.88 bits per heavy atom. The molecule has 17 heavy (non-hydrogen) atoms. The van der Waals surface area contributed by atoms with Gasteiger partial charge in [-0.1, -0.05) is 6.07 Å². The molecule has 0 saturated heterocycles. The second kappa shape index (κ2) is 4.78. The van der Waals surface area contributed by atoms with Gasteiger partial charge in [0.05, 0.1) is 0 Å². The Morgan fingerprint density at radius 1 is 1.12 bits per heavy atom. The van der Waals surface area contributed by atoms with E-state index in [1.807, 2.05) is 6.92 Å². The van der Waals surface area contributed by atoms with Crippen molar-refractivity contribution >= 4 is 17.3 Å². The third-order valence-corrected chi connectivity index (χ3v) is 2.39. The predicted octanol–water partition coefficient (Wildman–Crippen LogP) is 2.71. The van der Waals surface area contributed by atoms with Gasteiger partial charge in [-0.3, -0.25) is 0 Å². The average molecular weight is 232 g/mol. The third-order valence-electron chi connectivity index (χ3n) is 2.39. The van der Waals surface area contributed by atoms with Crippen LogP contribution in [0.2, 0.25) is 0 Å². The molecule has 4 nitrogen and oxygen atoms in total. The highest BCUT2D eigenvalue weighted by Crippen LogP contribution is 2.20. The van der Waals surface area contributed by atoms with Crippen molar-refractivity contribution in [1.82, 2.24) is 9.97 Å². The van der Waals surface area contributed by atoms with E-state index in [0.717, 1.165) is 5.56 Å². The van der Waals surface area contributed by atoms with Gasteiger partial charge >= 0.3 is 0 Å². The number of hydrogen-bond donors (Lipinski definition) is 2. The number of aryl methyl sites for hydroxylation is 1. The van der Waals surface area contributed by atoms with Crippen LogP contribution in [0.15, 0.2) is 30.6 Å². The largest absolute Gasteiger partial charge is 0.373 e. The molecular weight excluding hydrogens is 219 g/mol. The lowest BCUT2D eigenvalue weighted by Gasteiger charge is -2.09. The molecule has 0 unspecified atom stereocenters. The van der Waals surface area contributed by atoms with E-state index >= 15 is 0 Å². The zero-order valence-corrected chi connectivity index (χ0v) is 9.66. The second-order valence-electron chi connectivity index (χ2n) is 3.62. The van der Waals surface area contributed by atoms with Crippen molar-refractivity contribution in [2.45, 2.75) is 6.92 Å². The molecule has 0 saturated carbocycles. The van der Waals surface area contributed by atoms with Crippen LogP contribution >= 0.6 is 0 Å². The minimum absolute atomic E-state index is 0.277. The Labute approximate surface area is 98.9 Å². The van der Waals surface area contributed by atoms with Gasteiger partial charge in [-0.25, -0.2) is 14.4 Å². The number of aromatic nitrogens is 2. The summed E-state index contributed by atoms with van der Waals surface area (Å²) in [6.07, 6.45) is 1.45. The highest BCUT2D eigenvalue weighted by atomic mass is 19.1. The molecule has 1 aromatic heterocycles.